The van der Waals surface area contributed by atoms with Crippen LogP contribution in [0.25, 0.3) is 0 Å². The topological polar surface area (TPSA) is 40.6 Å². The molecule has 1 aliphatic rings. The van der Waals surface area contributed by atoms with Crippen LogP contribution < -0.4 is 0 Å². The highest BCUT2D eigenvalue weighted by atomic mass is 16.2. The van der Waals surface area contributed by atoms with Gasteiger partial charge in [0.15, 0.2) is 0 Å². The van der Waals surface area contributed by atoms with E-state index in [0.717, 1.165) is 0 Å². The summed E-state index contributed by atoms with van der Waals surface area (Å²) in [7, 11) is 1.77. The van der Waals surface area contributed by atoms with E-state index in [0.29, 0.717) is 19.6 Å². The summed E-state index contributed by atoms with van der Waals surface area (Å²) in [5.74, 6) is -0.183. The van der Waals surface area contributed by atoms with E-state index in [1.807, 2.05) is 0 Å². The van der Waals surface area contributed by atoms with Crippen LogP contribution in [0.2, 0.25) is 0 Å². The largest absolute Gasteiger partial charge is 0.289 e. The lowest BCUT2D eigenvalue weighted by atomic mass is 10.3. The summed E-state index contributed by atoms with van der Waals surface area (Å²) in [5.41, 5.74) is 0. The molecule has 0 radical (unpaired) electrons. The number of rotatable bonds is 1. The standard InChI is InChI=1S/C7H12N2O2/c1-3-9-6(10)4-8(2)5-7(9)11/h3-5H2,1-2H3. The van der Waals surface area contributed by atoms with E-state index >= 15 is 0 Å². The molecular weight excluding hydrogens is 144 g/mol. The van der Waals surface area contributed by atoms with E-state index < -0.39 is 0 Å². The Bertz CT molecular complexity index is 173. The molecule has 0 aliphatic carbocycles. The molecule has 0 N–H and O–H groups in total. The van der Waals surface area contributed by atoms with Gasteiger partial charge in [0.1, 0.15) is 0 Å². The summed E-state index contributed by atoms with van der Waals surface area (Å²) < 4.78 is 0. The lowest BCUT2D eigenvalue weighted by Gasteiger charge is -2.29. The first-order chi connectivity index (χ1) is 5.15. The first-order valence-corrected chi connectivity index (χ1v) is 3.67. The molecule has 2 amide bonds. The second-order valence-electron chi connectivity index (χ2n) is 2.70. The third kappa shape index (κ3) is 1.57. The highest BCUT2D eigenvalue weighted by molar-refractivity contribution is 5.99. The maximum atomic E-state index is 11.1. The van der Waals surface area contributed by atoms with Crippen molar-refractivity contribution in [3.8, 4) is 0 Å². The van der Waals surface area contributed by atoms with E-state index in [-0.39, 0.29) is 11.8 Å². The molecule has 0 unspecified atom stereocenters. The third-order valence-electron chi connectivity index (χ3n) is 1.73. The highest BCUT2D eigenvalue weighted by Crippen LogP contribution is 2.01. The molecule has 4 heteroatoms. The van der Waals surface area contributed by atoms with Gasteiger partial charge in [0.05, 0.1) is 13.1 Å². The first kappa shape index (κ1) is 8.20. The number of likely N-dealkylation sites (N-methyl/N-ethyl adjacent to an activating group) is 2. The first-order valence-electron chi connectivity index (χ1n) is 3.67. The van der Waals surface area contributed by atoms with Crippen LogP contribution in [0.3, 0.4) is 0 Å². The van der Waals surface area contributed by atoms with Crippen molar-refractivity contribution in [3.63, 3.8) is 0 Å². The fourth-order valence-corrected chi connectivity index (χ4v) is 1.18. The number of piperazine rings is 1. The van der Waals surface area contributed by atoms with Crippen LogP contribution in [0.1, 0.15) is 6.92 Å². The Balaban J connectivity index is 2.67. The van der Waals surface area contributed by atoms with E-state index in [9.17, 15) is 9.59 Å². The number of carbonyl (C=O) groups excluding carboxylic acids is 2. The quantitative estimate of drug-likeness (QED) is 0.472. The van der Waals surface area contributed by atoms with Gasteiger partial charge in [0, 0.05) is 6.54 Å². The summed E-state index contributed by atoms with van der Waals surface area (Å²) in [4.78, 5) is 25.2. The lowest BCUT2D eigenvalue weighted by molar-refractivity contribution is -0.150. The molecule has 1 aliphatic heterocycles. The highest BCUT2D eigenvalue weighted by Gasteiger charge is 2.27. The van der Waals surface area contributed by atoms with Gasteiger partial charge >= 0.3 is 0 Å². The fraction of sp³-hybridized carbons (Fsp3) is 0.714. The average molecular weight is 156 g/mol. The zero-order valence-corrected chi connectivity index (χ0v) is 6.83. The van der Waals surface area contributed by atoms with E-state index in [2.05, 4.69) is 0 Å². The number of imide groups is 1. The molecule has 1 saturated heterocycles. The Morgan fingerprint density at radius 1 is 1.27 bits per heavy atom. The molecule has 0 aromatic heterocycles. The average Bonchev–Trinajstić information content (AvgIpc) is 1.85. The van der Waals surface area contributed by atoms with Crippen molar-refractivity contribution in [1.29, 1.82) is 0 Å². The van der Waals surface area contributed by atoms with Crippen LogP contribution in [-0.2, 0) is 9.59 Å². The van der Waals surface area contributed by atoms with Crippen molar-refractivity contribution < 1.29 is 9.59 Å². The van der Waals surface area contributed by atoms with Gasteiger partial charge in [0.2, 0.25) is 11.8 Å². The summed E-state index contributed by atoms with van der Waals surface area (Å²) in [6, 6.07) is 0. The molecule has 62 valence electrons. The van der Waals surface area contributed by atoms with Crippen molar-refractivity contribution >= 4 is 11.8 Å². The van der Waals surface area contributed by atoms with Gasteiger partial charge in [0.25, 0.3) is 0 Å². The van der Waals surface area contributed by atoms with Gasteiger partial charge in [-0.3, -0.25) is 19.4 Å². The predicted molar refractivity (Wildman–Crippen MR) is 39.9 cm³/mol. The number of amides is 2. The van der Waals surface area contributed by atoms with Crippen LogP contribution >= 0.6 is 0 Å². The number of carbonyl (C=O) groups is 2. The van der Waals surface area contributed by atoms with Gasteiger partial charge in [-0.25, -0.2) is 0 Å². The Labute approximate surface area is 65.8 Å². The van der Waals surface area contributed by atoms with Crippen LogP contribution in [0.5, 0.6) is 0 Å². The molecule has 0 spiro atoms. The number of hydrogen-bond donors (Lipinski definition) is 0. The Morgan fingerprint density at radius 3 is 2.09 bits per heavy atom. The molecule has 11 heavy (non-hydrogen) atoms. The summed E-state index contributed by atoms with van der Waals surface area (Å²) in [6.45, 7) is 3.02. The molecule has 4 nitrogen and oxygen atoms in total. The zero-order chi connectivity index (χ0) is 8.43. The molecular formula is C7H12N2O2. The molecule has 0 aromatic carbocycles. The zero-order valence-electron chi connectivity index (χ0n) is 6.83. The van der Waals surface area contributed by atoms with Crippen molar-refractivity contribution in [2.75, 3.05) is 26.7 Å². The monoisotopic (exact) mass is 156 g/mol. The Kier molecular flexibility index (Phi) is 2.24. The molecule has 0 saturated carbocycles. The predicted octanol–water partition coefficient (Wildman–Crippen LogP) is -0.693. The van der Waals surface area contributed by atoms with Crippen molar-refractivity contribution in [1.82, 2.24) is 9.80 Å². The van der Waals surface area contributed by atoms with Gasteiger partial charge in [-0.15, -0.1) is 0 Å². The molecule has 1 rings (SSSR count). The van der Waals surface area contributed by atoms with Crippen LogP contribution in [0.4, 0.5) is 0 Å². The molecule has 1 fully saturated rings. The van der Waals surface area contributed by atoms with Gasteiger partial charge in [-0.2, -0.15) is 0 Å². The summed E-state index contributed by atoms with van der Waals surface area (Å²) >= 11 is 0. The lowest BCUT2D eigenvalue weighted by Crippen LogP contribution is -2.52. The molecule has 0 aromatic rings. The van der Waals surface area contributed by atoms with Crippen molar-refractivity contribution in [3.05, 3.63) is 0 Å². The Morgan fingerprint density at radius 2 is 1.73 bits per heavy atom. The SMILES string of the molecule is CCN1C(=O)CN(C)CC1=O. The second kappa shape index (κ2) is 3.00. The van der Waals surface area contributed by atoms with Gasteiger partial charge < -0.3 is 0 Å². The van der Waals surface area contributed by atoms with Gasteiger partial charge in [-0.05, 0) is 14.0 Å². The van der Waals surface area contributed by atoms with E-state index in [4.69, 9.17) is 0 Å². The van der Waals surface area contributed by atoms with Gasteiger partial charge in [-0.1, -0.05) is 0 Å². The van der Waals surface area contributed by atoms with E-state index in [1.54, 1.807) is 18.9 Å². The minimum Gasteiger partial charge on any atom is -0.289 e. The smallest absolute Gasteiger partial charge is 0.243 e. The minimum atomic E-state index is -0.0914. The maximum Gasteiger partial charge on any atom is 0.243 e. The van der Waals surface area contributed by atoms with Crippen LogP contribution in [0.15, 0.2) is 0 Å². The normalized spacial score (nSPS) is 21.1. The minimum absolute atomic E-state index is 0.0914. The second-order valence-corrected chi connectivity index (χ2v) is 2.70. The fourth-order valence-electron chi connectivity index (χ4n) is 1.18. The maximum absolute atomic E-state index is 11.1. The Hall–Kier alpha value is -0.900. The molecule has 0 atom stereocenters. The number of nitrogens with zero attached hydrogens (tertiary/aromatic N) is 2. The molecule has 1 heterocycles. The number of hydrogen-bond acceptors (Lipinski definition) is 3. The van der Waals surface area contributed by atoms with Crippen LogP contribution in [-0.4, -0.2) is 48.3 Å². The van der Waals surface area contributed by atoms with Crippen molar-refractivity contribution in [2.45, 2.75) is 6.92 Å². The molecule has 0 bridgehead atoms. The summed E-state index contributed by atoms with van der Waals surface area (Å²) in [6.07, 6.45) is 0. The summed E-state index contributed by atoms with van der Waals surface area (Å²) in [5, 5.41) is 0. The van der Waals surface area contributed by atoms with E-state index in [1.165, 1.54) is 4.90 Å². The van der Waals surface area contributed by atoms with Crippen LogP contribution in [0, 0.1) is 0 Å². The van der Waals surface area contributed by atoms with Crippen molar-refractivity contribution in [2.24, 2.45) is 0 Å². The third-order valence-corrected chi connectivity index (χ3v) is 1.73.